The molecule has 18 heavy (non-hydrogen) atoms. The molecule has 102 valence electrons. The summed E-state index contributed by atoms with van der Waals surface area (Å²) in [7, 11) is -1.72. The Labute approximate surface area is 107 Å². The van der Waals surface area contributed by atoms with E-state index in [9.17, 15) is 12.8 Å². The summed E-state index contributed by atoms with van der Waals surface area (Å²) >= 11 is 0. The maximum absolute atomic E-state index is 13.5. The van der Waals surface area contributed by atoms with Gasteiger partial charge in [0, 0.05) is 19.9 Å². The molecule has 1 atom stereocenters. The van der Waals surface area contributed by atoms with Gasteiger partial charge in [-0.1, -0.05) is 6.92 Å². The van der Waals surface area contributed by atoms with Gasteiger partial charge in [-0.15, -0.1) is 0 Å². The van der Waals surface area contributed by atoms with Crippen LogP contribution >= 0.6 is 0 Å². The van der Waals surface area contributed by atoms with E-state index in [2.05, 4.69) is 5.32 Å². The molecule has 0 bridgehead atoms. The first-order valence-electron chi connectivity index (χ1n) is 5.57. The van der Waals surface area contributed by atoms with Crippen LogP contribution in [0.2, 0.25) is 0 Å². The summed E-state index contributed by atoms with van der Waals surface area (Å²) in [6.45, 7) is 3.02. The topological polar surface area (TPSA) is 55.4 Å². The van der Waals surface area contributed by atoms with Crippen LogP contribution in [0.15, 0.2) is 23.1 Å². The summed E-state index contributed by atoms with van der Waals surface area (Å²) in [5.74, 6) is -0.261. The minimum Gasteiger partial charge on any atom is -0.384 e. The van der Waals surface area contributed by atoms with Gasteiger partial charge >= 0.3 is 0 Å². The molecule has 0 fully saturated rings. The highest BCUT2D eigenvalue weighted by Gasteiger charge is 2.11. The van der Waals surface area contributed by atoms with Crippen molar-refractivity contribution >= 4 is 15.5 Å². The Morgan fingerprint density at radius 2 is 2.11 bits per heavy atom. The molecule has 0 aliphatic rings. The van der Waals surface area contributed by atoms with Gasteiger partial charge in [-0.3, -0.25) is 0 Å². The van der Waals surface area contributed by atoms with E-state index in [4.69, 9.17) is 4.74 Å². The lowest BCUT2D eigenvalue weighted by Crippen LogP contribution is -2.16. The van der Waals surface area contributed by atoms with Crippen molar-refractivity contribution in [3.8, 4) is 0 Å². The third-order valence-corrected chi connectivity index (χ3v) is 3.57. The minimum absolute atomic E-state index is 0.103. The van der Waals surface area contributed by atoms with Crippen molar-refractivity contribution in [2.45, 2.75) is 11.8 Å². The van der Waals surface area contributed by atoms with Gasteiger partial charge in [-0.05, 0) is 24.1 Å². The van der Waals surface area contributed by atoms with Crippen LogP contribution in [0.25, 0.3) is 0 Å². The second-order valence-corrected chi connectivity index (χ2v) is 6.37. The Morgan fingerprint density at radius 3 is 2.67 bits per heavy atom. The molecule has 1 N–H and O–H groups in total. The Hall–Kier alpha value is -1.14. The minimum atomic E-state index is -3.32. The maximum Gasteiger partial charge on any atom is 0.175 e. The van der Waals surface area contributed by atoms with E-state index in [1.807, 2.05) is 6.92 Å². The van der Waals surface area contributed by atoms with Crippen molar-refractivity contribution < 1.29 is 17.5 Å². The lowest BCUT2D eigenvalue weighted by molar-refractivity contribution is 0.164. The number of anilines is 1. The molecule has 0 aliphatic heterocycles. The predicted molar refractivity (Wildman–Crippen MR) is 69.0 cm³/mol. The van der Waals surface area contributed by atoms with Crippen molar-refractivity contribution in [1.29, 1.82) is 0 Å². The van der Waals surface area contributed by atoms with E-state index < -0.39 is 15.7 Å². The number of hydrogen-bond acceptors (Lipinski definition) is 4. The summed E-state index contributed by atoms with van der Waals surface area (Å²) < 4.78 is 41.2. The summed E-state index contributed by atoms with van der Waals surface area (Å²) in [5, 5.41) is 2.89. The zero-order chi connectivity index (χ0) is 13.8. The molecular weight excluding hydrogens is 257 g/mol. The second kappa shape index (κ2) is 6.15. The molecule has 1 unspecified atom stereocenters. The fraction of sp³-hybridized carbons (Fsp3) is 0.500. The highest BCUT2D eigenvalue weighted by atomic mass is 32.2. The van der Waals surface area contributed by atoms with Crippen molar-refractivity contribution in [2.75, 3.05) is 31.8 Å². The van der Waals surface area contributed by atoms with Crippen LogP contribution in [-0.4, -0.2) is 34.9 Å². The fourth-order valence-electron chi connectivity index (χ4n) is 1.50. The van der Waals surface area contributed by atoms with Gasteiger partial charge in [0.25, 0.3) is 0 Å². The van der Waals surface area contributed by atoms with Gasteiger partial charge in [0.1, 0.15) is 5.82 Å². The van der Waals surface area contributed by atoms with E-state index in [-0.39, 0.29) is 16.5 Å². The average molecular weight is 275 g/mol. The first-order chi connectivity index (χ1) is 8.34. The molecule has 1 aromatic rings. The van der Waals surface area contributed by atoms with Crippen LogP contribution in [0, 0.1) is 11.7 Å². The fourth-order valence-corrected chi connectivity index (χ4v) is 2.15. The number of halogens is 1. The van der Waals surface area contributed by atoms with Gasteiger partial charge in [0.15, 0.2) is 9.84 Å². The molecule has 0 heterocycles. The highest BCUT2D eigenvalue weighted by molar-refractivity contribution is 7.90. The molecule has 0 amide bonds. The van der Waals surface area contributed by atoms with Gasteiger partial charge in [0.2, 0.25) is 0 Å². The molecule has 4 nitrogen and oxygen atoms in total. The molecule has 0 aromatic heterocycles. The zero-order valence-corrected chi connectivity index (χ0v) is 11.6. The van der Waals surface area contributed by atoms with Gasteiger partial charge in [-0.2, -0.15) is 0 Å². The molecule has 6 heteroatoms. The number of rotatable bonds is 6. The summed E-state index contributed by atoms with van der Waals surface area (Å²) in [5.41, 5.74) is 0.195. The molecular formula is C12H18FNO3S. The Bertz CT molecular complexity index is 502. The molecule has 0 spiro atoms. The van der Waals surface area contributed by atoms with Crippen LogP contribution in [0.4, 0.5) is 10.1 Å². The number of benzene rings is 1. The van der Waals surface area contributed by atoms with Crippen LogP contribution in [0.1, 0.15) is 6.92 Å². The molecule has 0 saturated carbocycles. The zero-order valence-electron chi connectivity index (χ0n) is 10.7. The SMILES string of the molecule is COCC(C)CNc1cc(S(C)(=O)=O)ccc1F. The Balaban J connectivity index is 2.82. The third kappa shape index (κ3) is 4.27. The van der Waals surface area contributed by atoms with Crippen LogP contribution < -0.4 is 5.32 Å². The van der Waals surface area contributed by atoms with Crippen molar-refractivity contribution in [3.63, 3.8) is 0 Å². The number of hydrogen-bond donors (Lipinski definition) is 1. The number of sulfone groups is 1. The van der Waals surface area contributed by atoms with Crippen molar-refractivity contribution in [3.05, 3.63) is 24.0 Å². The normalized spacial score (nSPS) is 13.3. The van der Waals surface area contributed by atoms with Crippen LogP contribution in [0.5, 0.6) is 0 Å². The largest absolute Gasteiger partial charge is 0.384 e. The van der Waals surface area contributed by atoms with Crippen LogP contribution in [0.3, 0.4) is 0 Å². The predicted octanol–water partition coefficient (Wildman–Crippen LogP) is 1.92. The molecule has 0 aliphatic carbocycles. The lowest BCUT2D eigenvalue weighted by Gasteiger charge is -2.13. The first kappa shape index (κ1) is 14.9. The van der Waals surface area contributed by atoms with E-state index in [0.29, 0.717) is 13.2 Å². The maximum atomic E-state index is 13.5. The number of ether oxygens (including phenoxy) is 1. The first-order valence-corrected chi connectivity index (χ1v) is 7.46. The Morgan fingerprint density at radius 1 is 1.44 bits per heavy atom. The number of methoxy groups -OCH3 is 1. The van der Waals surface area contributed by atoms with Crippen molar-refractivity contribution in [2.24, 2.45) is 5.92 Å². The van der Waals surface area contributed by atoms with Gasteiger partial charge in [0.05, 0.1) is 17.2 Å². The summed E-state index contributed by atoms with van der Waals surface area (Å²) in [4.78, 5) is 0.103. The standard InChI is InChI=1S/C12H18FNO3S/c1-9(8-17-2)7-14-12-6-10(18(3,15)16)4-5-11(12)13/h4-6,9,14H,7-8H2,1-3H3. The van der Waals surface area contributed by atoms with E-state index in [0.717, 1.165) is 12.3 Å². The summed E-state index contributed by atoms with van der Waals surface area (Å²) in [6.07, 6.45) is 1.09. The molecule has 1 rings (SSSR count). The molecule has 1 aromatic carbocycles. The second-order valence-electron chi connectivity index (χ2n) is 4.36. The van der Waals surface area contributed by atoms with E-state index in [1.165, 1.54) is 12.1 Å². The number of nitrogens with one attached hydrogen (secondary N) is 1. The smallest absolute Gasteiger partial charge is 0.175 e. The van der Waals surface area contributed by atoms with Crippen LogP contribution in [-0.2, 0) is 14.6 Å². The van der Waals surface area contributed by atoms with Gasteiger partial charge in [-0.25, -0.2) is 12.8 Å². The highest BCUT2D eigenvalue weighted by Crippen LogP contribution is 2.19. The van der Waals surface area contributed by atoms with E-state index in [1.54, 1.807) is 7.11 Å². The van der Waals surface area contributed by atoms with Crippen molar-refractivity contribution in [1.82, 2.24) is 0 Å². The molecule has 0 saturated heterocycles. The summed E-state index contributed by atoms with van der Waals surface area (Å²) in [6, 6.07) is 3.72. The lowest BCUT2D eigenvalue weighted by atomic mass is 10.2. The quantitative estimate of drug-likeness (QED) is 0.806. The van der Waals surface area contributed by atoms with E-state index >= 15 is 0 Å². The van der Waals surface area contributed by atoms with Gasteiger partial charge < -0.3 is 10.1 Å². The third-order valence-electron chi connectivity index (χ3n) is 2.46. The Kier molecular flexibility index (Phi) is 5.10. The molecule has 0 radical (unpaired) electrons. The average Bonchev–Trinajstić information content (AvgIpc) is 2.26. The monoisotopic (exact) mass is 275 g/mol.